The lowest BCUT2D eigenvalue weighted by atomic mass is 10.2. The van der Waals surface area contributed by atoms with Crippen molar-refractivity contribution in [3.05, 3.63) is 54.2 Å². The second-order valence-electron chi connectivity index (χ2n) is 7.14. The second-order valence-corrected chi connectivity index (χ2v) is 7.14. The minimum atomic E-state index is 0.310. The zero-order valence-electron chi connectivity index (χ0n) is 15.0. The number of hydrogen-bond acceptors (Lipinski definition) is 4. The fraction of sp³-hybridized carbons (Fsp3) is 0.333. The summed E-state index contributed by atoms with van der Waals surface area (Å²) in [4.78, 5) is 4.88. The first kappa shape index (κ1) is 15.6. The molecule has 2 aromatic carbocycles. The lowest BCUT2D eigenvalue weighted by Gasteiger charge is -2.33. The highest BCUT2D eigenvalue weighted by Gasteiger charge is 2.23. The highest BCUT2D eigenvalue weighted by atomic mass is 16.7. The lowest BCUT2D eigenvalue weighted by molar-refractivity contribution is 0.174. The minimum Gasteiger partial charge on any atom is -0.454 e. The first-order valence-corrected chi connectivity index (χ1v) is 9.18. The smallest absolute Gasteiger partial charge is 0.231 e. The summed E-state index contributed by atoms with van der Waals surface area (Å²) < 4.78 is 13.6. The Kier molecular flexibility index (Phi) is 3.75. The molecule has 134 valence electrons. The number of nitrogens with zero attached hydrogens (tertiary/aromatic N) is 3. The maximum absolute atomic E-state index is 5.64. The van der Waals surface area contributed by atoms with E-state index >= 15 is 0 Å². The summed E-state index contributed by atoms with van der Waals surface area (Å²) in [6.45, 7) is 5.45. The topological polar surface area (TPSA) is 29.9 Å². The van der Waals surface area contributed by atoms with E-state index < -0.39 is 0 Å². The molecule has 1 fully saturated rings. The Morgan fingerprint density at radius 3 is 2.42 bits per heavy atom. The fourth-order valence-electron chi connectivity index (χ4n) is 3.87. The Labute approximate surface area is 153 Å². The van der Waals surface area contributed by atoms with Crippen LogP contribution in [0.5, 0.6) is 11.5 Å². The van der Waals surface area contributed by atoms with Gasteiger partial charge in [-0.3, -0.25) is 0 Å². The predicted molar refractivity (Wildman–Crippen MR) is 103 cm³/mol. The van der Waals surface area contributed by atoms with Gasteiger partial charge in [0.05, 0.1) is 11.2 Å². The highest BCUT2D eigenvalue weighted by Crippen LogP contribution is 2.40. The number of rotatable bonds is 3. The number of ether oxygens (including phenoxy) is 2. The lowest BCUT2D eigenvalue weighted by Crippen LogP contribution is -2.44. The van der Waals surface area contributed by atoms with E-state index in [9.17, 15) is 0 Å². The molecule has 3 aromatic rings. The van der Waals surface area contributed by atoms with Crippen molar-refractivity contribution in [1.29, 1.82) is 0 Å². The standard InChI is InChI=1S/C21H23N3O2/c1-22-7-9-23(10-8-22)19-14-24(13-16-5-3-2-4-6-16)18-12-21-20(11-17(18)19)25-15-26-21/h2-6,11-12,14H,7-10,13,15H2,1H3. The van der Waals surface area contributed by atoms with E-state index in [0.29, 0.717) is 6.79 Å². The number of likely N-dealkylation sites (N-methyl/N-ethyl adjacent to an activating group) is 1. The van der Waals surface area contributed by atoms with Gasteiger partial charge in [-0.15, -0.1) is 0 Å². The minimum absolute atomic E-state index is 0.310. The number of anilines is 1. The molecule has 0 radical (unpaired) electrons. The molecule has 1 saturated heterocycles. The maximum atomic E-state index is 5.64. The summed E-state index contributed by atoms with van der Waals surface area (Å²) in [5, 5.41) is 1.25. The van der Waals surface area contributed by atoms with Crippen LogP contribution in [0.3, 0.4) is 0 Å². The van der Waals surface area contributed by atoms with Crippen LogP contribution in [0.15, 0.2) is 48.7 Å². The van der Waals surface area contributed by atoms with E-state index in [1.807, 2.05) is 0 Å². The van der Waals surface area contributed by atoms with Gasteiger partial charge in [-0.25, -0.2) is 0 Å². The van der Waals surface area contributed by atoms with E-state index in [4.69, 9.17) is 9.47 Å². The van der Waals surface area contributed by atoms with Crippen LogP contribution in [0, 0.1) is 0 Å². The Bertz CT molecular complexity index is 927. The maximum Gasteiger partial charge on any atom is 0.231 e. The third-order valence-corrected chi connectivity index (χ3v) is 5.39. The molecule has 0 N–H and O–H groups in total. The van der Waals surface area contributed by atoms with Crippen LogP contribution in [0.1, 0.15) is 5.56 Å². The van der Waals surface area contributed by atoms with Gasteiger partial charge in [-0.2, -0.15) is 0 Å². The third kappa shape index (κ3) is 2.69. The largest absolute Gasteiger partial charge is 0.454 e. The number of aromatic nitrogens is 1. The Morgan fingerprint density at radius 1 is 0.923 bits per heavy atom. The molecule has 0 amide bonds. The normalized spacial score (nSPS) is 17.2. The zero-order chi connectivity index (χ0) is 17.5. The van der Waals surface area contributed by atoms with Gasteiger partial charge >= 0.3 is 0 Å². The molecule has 0 saturated carbocycles. The van der Waals surface area contributed by atoms with Crippen molar-refractivity contribution >= 4 is 16.6 Å². The molecular formula is C21H23N3O2. The molecule has 5 heteroatoms. The highest BCUT2D eigenvalue weighted by molar-refractivity contribution is 5.96. The molecule has 5 nitrogen and oxygen atoms in total. The van der Waals surface area contributed by atoms with E-state index in [-0.39, 0.29) is 0 Å². The van der Waals surface area contributed by atoms with Crippen molar-refractivity contribution in [1.82, 2.24) is 9.47 Å². The average Bonchev–Trinajstić information content (AvgIpc) is 3.26. The third-order valence-electron chi connectivity index (χ3n) is 5.39. The van der Waals surface area contributed by atoms with Crippen LogP contribution in [-0.4, -0.2) is 49.5 Å². The van der Waals surface area contributed by atoms with Crippen molar-refractivity contribution in [2.45, 2.75) is 6.54 Å². The van der Waals surface area contributed by atoms with Crippen LogP contribution in [-0.2, 0) is 6.54 Å². The molecule has 0 spiro atoms. The van der Waals surface area contributed by atoms with E-state index in [0.717, 1.165) is 44.2 Å². The van der Waals surface area contributed by atoms with E-state index in [1.54, 1.807) is 0 Å². The van der Waals surface area contributed by atoms with Gasteiger partial charge in [-0.05, 0) is 18.7 Å². The van der Waals surface area contributed by atoms with Gasteiger partial charge in [0.2, 0.25) is 6.79 Å². The van der Waals surface area contributed by atoms with Gasteiger partial charge in [0, 0.05) is 50.4 Å². The quantitative estimate of drug-likeness (QED) is 0.726. The summed E-state index contributed by atoms with van der Waals surface area (Å²) in [7, 11) is 2.19. The Balaban J connectivity index is 1.60. The monoisotopic (exact) mass is 349 g/mol. The van der Waals surface area contributed by atoms with Crippen LogP contribution in [0.4, 0.5) is 5.69 Å². The first-order valence-electron chi connectivity index (χ1n) is 9.18. The summed E-state index contributed by atoms with van der Waals surface area (Å²) in [6.07, 6.45) is 2.29. The summed E-state index contributed by atoms with van der Waals surface area (Å²) in [5.41, 5.74) is 3.79. The number of hydrogen-bond donors (Lipinski definition) is 0. The Hall–Kier alpha value is -2.66. The number of fused-ring (bicyclic) bond motifs is 2. The first-order chi connectivity index (χ1) is 12.8. The summed E-state index contributed by atoms with van der Waals surface area (Å²) in [6, 6.07) is 14.9. The molecule has 0 atom stereocenters. The van der Waals surface area contributed by atoms with Gasteiger partial charge < -0.3 is 23.8 Å². The van der Waals surface area contributed by atoms with Crippen molar-refractivity contribution in [2.24, 2.45) is 0 Å². The van der Waals surface area contributed by atoms with Gasteiger partial charge in [0.15, 0.2) is 11.5 Å². The van der Waals surface area contributed by atoms with Gasteiger partial charge in [-0.1, -0.05) is 30.3 Å². The van der Waals surface area contributed by atoms with Crippen LogP contribution in [0.25, 0.3) is 10.9 Å². The number of benzene rings is 2. The number of piperazine rings is 1. The van der Waals surface area contributed by atoms with Crippen LogP contribution < -0.4 is 14.4 Å². The summed E-state index contributed by atoms with van der Waals surface area (Å²) in [5.74, 6) is 1.69. The van der Waals surface area contributed by atoms with Crippen molar-refractivity contribution in [3.8, 4) is 11.5 Å². The van der Waals surface area contributed by atoms with E-state index in [2.05, 4.69) is 70.1 Å². The summed E-state index contributed by atoms with van der Waals surface area (Å²) >= 11 is 0. The Morgan fingerprint density at radius 2 is 1.65 bits per heavy atom. The zero-order valence-corrected chi connectivity index (χ0v) is 15.0. The van der Waals surface area contributed by atoms with Crippen LogP contribution >= 0.6 is 0 Å². The molecule has 3 heterocycles. The van der Waals surface area contributed by atoms with Crippen LogP contribution in [0.2, 0.25) is 0 Å². The molecule has 0 aliphatic carbocycles. The second kappa shape index (κ2) is 6.25. The average molecular weight is 349 g/mol. The van der Waals surface area contributed by atoms with Crippen molar-refractivity contribution in [3.63, 3.8) is 0 Å². The predicted octanol–water partition coefficient (Wildman–Crippen LogP) is 3.17. The molecule has 0 bridgehead atoms. The molecule has 2 aliphatic heterocycles. The molecule has 5 rings (SSSR count). The van der Waals surface area contributed by atoms with Gasteiger partial charge in [0.1, 0.15) is 0 Å². The molecule has 2 aliphatic rings. The molecular weight excluding hydrogens is 326 g/mol. The van der Waals surface area contributed by atoms with E-state index in [1.165, 1.54) is 22.2 Å². The molecule has 0 unspecified atom stereocenters. The fourth-order valence-corrected chi connectivity index (χ4v) is 3.87. The van der Waals surface area contributed by atoms with Crippen molar-refractivity contribution in [2.75, 3.05) is 44.9 Å². The van der Waals surface area contributed by atoms with Gasteiger partial charge in [0.25, 0.3) is 0 Å². The van der Waals surface area contributed by atoms with Crippen molar-refractivity contribution < 1.29 is 9.47 Å². The SMILES string of the molecule is CN1CCN(c2cn(Cc3ccccc3)c3cc4c(cc23)OCO4)CC1. The molecule has 26 heavy (non-hydrogen) atoms. The molecule has 1 aromatic heterocycles.